The van der Waals surface area contributed by atoms with Crippen LogP contribution in [0.4, 0.5) is 4.79 Å². The fraction of sp³-hybridized carbons (Fsp3) is 0.450. The summed E-state index contributed by atoms with van der Waals surface area (Å²) in [5, 5.41) is 5.76. The third-order valence-electron chi connectivity index (χ3n) is 4.96. The molecule has 0 aliphatic carbocycles. The number of carbonyl (C=O) groups excluding carboxylic acids is 3. The van der Waals surface area contributed by atoms with E-state index in [0.29, 0.717) is 24.4 Å². The predicted octanol–water partition coefficient (Wildman–Crippen LogP) is 0.547. The van der Waals surface area contributed by atoms with Crippen molar-refractivity contribution in [2.45, 2.75) is 13.0 Å². The van der Waals surface area contributed by atoms with Crippen molar-refractivity contribution in [1.29, 1.82) is 0 Å². The van der Waals surface area contributed by atoms with Crippen molar-refractivity contribution in [2.24, 2.45) is 0 Å². The Balaban J connectivity index is 1.78. The van der Waals surface area contributed by atoms with Gasteiger partial charge in [-0.3, -0.25) is 14.5 Å². The molecule has 8 nitrogen and oxygen atoms in total. The molecule has 0 spiro atoms. The van der Waals surface area contributed by atoms with E-state index in [1.165, 1.54) is 4.90 Å². The van der Waals surface area contributed by atoms with Crippen molar-refractivity contribution in [1.82, 2.24) is 25.3 Å². The van der Waals surface area contributed by atoms with Gasteiger partial charge in [0, 0.05) is 19.6 Å². The first-order chi connectivity index (χ1) is 13.4. The highest BCUT2D eigenvalue weighted by Gasteiger charge is 2.43. The van der Waals surface area contributed by atoms with Crippen LogP contribution < -0.4 is 10.6 Å². The summed E-state index contributed by atoms with van der Waals surface area (Å²) in [6, 6.07) is 8.71. The minimum absolute atomic E-state index is 0.0213. The Morgan fingerprint density at radius 3 is 2.61 bits per heavy atom. The Morgan fingerprint density at radius 2 is 1.96 bits per heavy atom. The molecule has 28 heavy (non-hydrogen) atoms. The molecular formula is C20H27N5O3. The van der Waals surface area contributed by atoms with E-state index >= 15 is 0 Å². The number of likely N-dealkylation sites (N-methyl/N-ethyl adjacent to an activating group) is 2. The number of amides is 4. The fourth-order valence-electron chi connectivity index (χ4n) is 3.55. The zero-order valence-corrected chi connectivity index (χ0v) is 16.6. The molecule has 4 amide bonds. The molecule has 2 N–H and O–H groups in total. The maximum absolute atomic E-state index is 13.1. The summed E-state index contributed by atoms with van der Waals surface area (Å²) >= 11 is 0. The van der Waals surface area contributed by atoms with Gasteiger partial charge in [0.05, 0.1) is 23.9 Å². The molecule has 0 unspecified atom stereocenters. The predicted molar refractivity (Wildman–Crippen MR) is 105 cm³/mol. The van der Waals surface area contributed by atoms with Gasteiger partial charge in [0.1, 0.15) is 6.54 Å². The molecule has 0 aromatic heterocycles. The Hall–Kier alpha value is -2.87. The van der Waals surface area contributed by atoms with Crippen LogP contribution in [-0.2, 0) is 9.59 Å². The summed E-state index contributed by atoms with van der Waals surface area (Å²) in [4.78, 5) is 43.0. The first kappa shape index (κ1) is 19.9. The van der Waals surface area contributed by atoms with Crippen LogP contribution in [0.15, 0.2) is 41.6 Å². The van der Waals surface area contributed by atoms with E-state index < -0.39 is 6.04 Å². The highest BCUT2D eigenvalue weighted by atomic mass is 16.2. The van der Waals surface area contributed by atoms with Crippen molar-refractivity contribution < 1.29 is 14.4 Å². The van der Waals surface area contributed by atoms with Gasteiger partial charge in [0.25, 0.3) is 5.91 Å². The van der Waals surface area contributed by atoms with Crippen LogP contribution in [0.3, 0.4) is 0 Å². The van der Waals surface area contributed by atoms with E-state index in [1.807, 2.05) is 56.3 Å². The van der Waals surface area contributed by atoms with Crippen LogP contribution in [0.1, 0.15) is 18.5 Å². The maximum atomic E-state index is 13.1. The summed E-state index contributed by atoms with van der Waals surface area (Å²) in [6.07, 6.45) is 0. The molecule has 0 fully saturated rings. The van der Waals surface area contributed by atoms with Crippen molar-refractivity contribution in [3.8, 4) is 0 Å². The second-order valence-electron chi connectivity index (χ2n) is 7.21. The molecule has 3 rings (SSSR count). The van der Waals surface area contributed by atoms with E-state index in [4.69, 9.17) is 0 Å². The first-order valence-electron chi connectivity index (χ1n) is 9.49. The third kappa shape index (κ3) is 4.01. The smallest absolute Gasteiger partial charge is 0.322 e. The molecule has 0 bridgehead atoms. The summed E-state index contributed by atoms with van der Waals surface area (Å²) in [5.74, 6) is -0.404. The van der Waals surface area contributed by atoms with Crippen LogP contribution in [0, 0.1) is 0 Å². The lowest BCUT2D eigenvalue weighted by Crippen LogP contribution is -2.47. The van der Waals surface area contributed by atoms with Gasteiger partial charge in [0.2, 0.25) is 5.91 Å². The number of urea groups is 1. The lowest BCUT2D eigenvalue weighted by molar-refractivity contribution is -0.131. The Bertz CT molecular complexity index is 790. The van der Waals surface area contributed by atoms with Crippen molar-refractivity contribution >= 4 is 17.8 Å². The largest absolute Gasteiger partial charge is 0.353 e. The zero-order valence-electron chi connectivity index (χ0n) is 16.6. The highest BCUT2D eigenvalue weighted by Crippen LogP contribution is 2.35. The van der Waals surface area contributed by atoms with Gasteiger partial charge < -0.3 is 20.4 Å². The monoisotopic (exact) mass is 385 g/mol. The molecule has 1 aromatic rings. The number of hydrogen-bond donors (Lipinski definition) is 2. The van der Waals surface area contributed by atoms with Crippen molar-refractivity contribution in [3.05, 3.63) is 47.2 Å². The Kier molecular flexibility index (Phi) is 5.99. The second-order valence-corrected chi connectivity index (χ2v) is 7.21. The van der Waals surface area contributed by atoms with Crippen LogP contribution in [0.2, 0.25) is 0 Å². The molecule has 2 heterocycles. The molecule has 0 saturated carbocycles. The highest BCUT2D eigenvalue weighted by molar-refractivity contribution is 6.03. The quantitative estimate of drug-likeness (QED) is 0.718. The molecule has 0 radical (unpaired) electrons. The van der Waals surface area contributed by atoms with E-state index in [2.05, 4.69) is 10.6 Å². The van der Waals surface area contributed by atoms with E-state index in [-0.39, 0.29) is 30.9 Å². The molecule has 0 saturated heterocycles. The average Bonchev–Trinajstić information content (AvgIpc) is 2.97. The molecule has 8 heteroatoms. The number of hydrogen-bond acceptors (Lipinski definition) is 4. The molecule has 2 aliphatic heterocycles. The van der Waals surface area contributed by atoms with E-state index in [1.54, 1.807) is 4.90 Å². The number of rotatable bonds is 7. The molecular weight excluding hydrogens is 358 g/mol. The van der Waals surface area contributed by atoms with Crippen LogP contribution >= 0.6 is 0 Å². The minimum Gasteiger partial charge on any atom is -0.353 e. The van der Waals surface area contributed by atoms with Gasteiger partial charge >= 0.3 is 6.03 Å². The normalized spacial score (nSPS) is 19.2. The van der Waals surface area contributed by atoms with Crippen LogP contribution in [-0.4, -0.2) is 79.4 Å². The third-order valence-corrected chi connectivity index (χ3v) is 4.96. The Labute approximate surface area is 165 Å². The number of carbonyl (C=O) groups is 3. The van der Waals surface area contributed by atoms with Gasteiger partial charge in [0.15, 0.2) is 0 Å². The molecule has 150 valence electrons. The summed E-state index contributed by atoms with van der Waals surface area (Å²) in [5.41, 5.74) is 2.09. The summed E-state index contributed by atoms with van der Waals surface area (Å²) in [6.45, 7) is 3.82. The van der Waals surface area contributed by atoms with Gasteiger partial charge in [-0.2, -0.15) is 0 Å². The lowest BCUT2D eigenvalue weighted by Gasteiger charge is -2.32. The lowest BCUT2D eigenvalue weighted by atomic mass is 9.95. The number of benzene rings is 1. The number of nitrogens with one attached hydrogen (secondary N) is 2. The molecule has 1 aromatic carbocycles. The van der Waals surface area contributed by atoms with E-state index in [9.17, 15) is 14.4 Å². The molecule has 1 atom stereocenters. The molecule has 2 aliphatic rings. The van der Waals surface area contributed by atoms with Gasteiger partial charge in [-0.1, -0.05) is 30.3 Å². The van der Waals surface area contributed by atoms with E-state index in [0.717, 1.165) is 12.1 Å². The zero-order chi connectivity index (χ0) is 20.3. The standard InChI is InChI=1S/C20H27N5O3/c1-4-25-15-12-24(13-16(26)21-10-11-23(2)3)19(27)17(15)18(22-20(25)28)14-8-6-5-7-9-14/h5-9,18H,4,10-13H2,1-3H3,(H,21,26)(H,22,28)/t18-/m0/s1. The van der Waals surface area contributed by atoms with Crippen LogP contribution in [0.25, 0.3) is 0 Å². The van der Waals surface area contributed by atoms with Gasteiger partial charge in [-0.25, -0.2) is 4.79 Å². The maximum Gasteiger partial charge on any atom is 0.322 e. The fourth-order valence-corrected chi connectivity index (χ4v) is 3.55. The first-order valence-corrected chi connectivity index (χ1v) is 9.49. The van der Waals surface area contributed by atoms with Gasteiger partial charge in [-0.05, 0) is 26.6 Å². The van der Waals surface area contributed by atoms with Crippen LogP contribution in [0.5, 0.6) is 0 Å². The SMILES string of the molecule is CCN1C(=O)N[C@@H](c2ccccc2)C2=C1CN(CC(=O)NCCN(C)C)C2=O. The summed E-state index contributed by atoms with van der Waals surface area (Å²) in [7, 11) is 3.86. The minimum atomic E-state index is -0.499. The Morgan fingerprint density at radius 1 is 1.25 bits per heavy atom. The van der Waals surface area contributed by atoms with Crippen molar-refractivity contribution in [2.75, 3.05) is 46.8 Å². The average molecular weight is 385 g/mol. The second kappa shape index (κ2) is 8.43. The van der Waals surface area contributed by atoms with Gasteiger partial charge in [-0.15, -0.1) is 0 Å². The number of nitrogens with zero attached hydrogens (tertiary/aromatic N) is 3. The summed E-state index contributed by atoms with van der Waals surface area (Å²) < 4.78 is 0. The topological polar surface area (TPSA) is 85.0 Å². The van der Waals surface area contributed by atoms with Crippen molar-refractivity contribution in [3.63, 3.8) is 0 Å².